The van der Waals surface area contributed by atoms with E-state index >= 15 is 0 Å². The molecule has 0 bridgehead atoms. The Kier molecular flexibility index (Phi) is 8.01. The first kappa shape index (κ1) is 17.0. The second-order valence-corrected chi connectivity index (χ2v) is 5.28. The molecule has 0 aliphatic carbocycles. The standard InChI is InChI=1S/C13H26N4O.HI/c1-14-13(15-5-8-17-6-3-7-17)16(2)10-12-4-9-18-11-12;/h12H,3-11H2,1-2H3,(H,14,15);1H. The van der Waals surface area contributed by atoms with Gasteiger partial charge in [-0.2, -0.15) is 0 Å². The molecule has 6 heteroatoms. The van der Waals surface area contributed by atoms with Gasteiger partial charge in [0.1, 0.15) is 0 Å². The maximum atomic E-state index is 5.41. The Morgan fingerprint density at radius 3 is 2.79 bits per heavy atom. The number of halogens is 1. The summed E-state index contributed by atoms with van der Waals surface area (Å²) in [5.41, 5.74) is 0. The lowest BCUT2D eigenvalue weighted by molar-refractivity contribution is 0.179. The molecule has 0 aromatic heterocycles. The van der Waals surface area contributed by atoms with E-state index in [1.807, 2.05) is 7.05 Å². The molecule has 2 aliphatic rings. The summed E-state index contributed by atoms with van der Waals surface area (Å²) < 4.78 is 5.41. The zero-order valence-electron chi connectivity index (χ0n) is 12.1. The molecule has 0 amide bonds. The van der Waals surface area contributed by atoms with Crippen molar-refractivity contribution in [3.8, 4) is 0 Å². The SMILES string of the molecule is CN=C(NCCN1CCC1)N(C)CC1CCOC1.I. The predicted molar refractivity (Wildman–Crippen MR) is 89.4 cm³/mol. The van der Waals surface area contributed by atoms with Gasteiger partial charge in [0.25, 0.3) is 0 Å². The number of ether oxygens (including phenoxy) is 1. The van der Waals surface area contributed by atoms with Crippen LogP contribution in [0, 0.1) is 5.92 Å². The quantitative estimate of drug-likeness (QED) is 0.435. The van der Waals surface area contributed by atoms with Gasteiger partial charge in [-0.05, 0) is 25.9 Å². The zero-order valence-corrected chi connectivity index (χ0v) is 14.4. The van der Waals surface area contributed by atoms with E-state index in [9.17, 15) is 0 Å². The maximum absolute atomic E-state index is 5.41. The minimum absolute atomic E-state index is 0. The second kappa shape index (κ2) is 8.97. The topological polar surface area (TPSA) is 40.1 Å². The van der Waals surface area contributed by atoms with Crippen LogP contribution in [0.25, 0.3) is 0 Å². The summed E-state index contributed by atoms with van der Waals surface area (Å²) in [7, 11) is 3.96. The molecule has 1 atom stereocenters. The number of nitrogens with zero attached hydrogens (tertiary/aromatic N) is 3. The summed E-state index contributed by atoms with van der Waals surface area (Å²) in [5.74, 6) is 1.66. The van der Waals surface area contributed by atoms with Crippen LogP contribution in [0.15, 0.2) is 4.99 Å². The van der Waals surface area contributed by atoms with Gasteiger partial charge in [0.2, 0.25) is 0 Å². The molecule has 0 aromatic carbocycles. The van der Waals surface area contributed by atoms with E-state index in [2.05, 4.69) is 27.2 Å². The molecule has 1 unspecified atom stereocenters. The van der Waals surface area contributed by atoms with Crippen molar-refractivity contribution in [3.63, 3.8) is 0 Å². The number of hydrogen-bond donors (Lipinski definition) is 1. The summed E-state index contributed by atoms with van der Waals surface area (Å²) >= 11 is 0. The van der Waals surface area contributed by atoms with Gasteiger partial charge >= 0.3 is 0 Å². The van der Waals surface area contributed by atoms with Crippen LogP contribution in [0.1, 0.15) is 12.8 Å². The molecule has 2 aliphatic heterocycles. The Hall–Kier alpha value is -0.0800. The van der Waals surface area contributed by atoms with Crippen LogP contribution in [0.5, 0.6) is 0 Å². The molecular formula is C13H27IN4O. The molecule has 112 valence electrons. The van der Waals surface area contributed by atoms with E-state index in [1.165, 1.54) is 25.9 Å². The Balaban J connectivity index is 0.00000180. The highest BCUT2D eigenvalue weighted by molar-refractivity contribution is 14.0. The van der Waals surface area contributed by atoms with Gasteiger partial charge in [-0.3, -0.25) is 4.99 Å². The Labute approximate surface area is 133 Å². The summed E-state index contributed by atoms with van der Waals surface area (Å²) in [6.07, 6.45) is 2.53. The van der Waals surface area contributed by atoms with Crippen LogP contribution in [0.4, 0.5) is 0 Å². The molecule has 0 spiro atoms. The third-order valence-electron chi connectivity index (χ3n) is 3.79. The molecule has 2 saturated heterocycles. The van der Waals surface area contributed by atoms with Crippen molar-refractivity contribution in [2.45, 2.75) is 12.8 Å². The van der Waals surface area contributed by atoms with Gasteiger partial charge in [0.15, 0.2) is 5.96 Å². The third-order valence-corrected chi connectivity index (χ3v) is 3.79. The fourth-order valence-electron chi connectivity index (χ4n) is 2.52. The van der Waals surface area contributed by atoms with Gasteiger partial charge in [-0.25, -0.2) is 0 Å². The summed E-state index contributed by atoms with van der Waals surface area (Å²) in [6, 6.07) is 0. The zero-order chi connectivity index (χ0) is 12.8. The first-order valence-corrected chi connectivity index (χ1v) is 7.01. The largest absolute Gasteiger partial charge is 0.381 e. The third kappa shape index (κ3) is 5.43. The smallest absolute Gasteiger partial charge is 0.193 e. The van der Waals surface area contributed by atoms with Gasteiger partial charge in [-0.1, -0.05) is 0 Å². The van der Waals surface area contributed by atoms with Crippen molar-refractivity contribution < 1.29 is 4.74 Å². The first-order valence-electron chi connectivity index (χ1n) is 7.01. The Morgan fingerprint density at radius 1 is 1.47 bits per heavy atom. The van der Waals surface area contributed by atoms with Crippen LogP contribution < -0.4 is 5.32 Å². The highest BCUT2D eigenvalue weighted by atomic mass is 127. The van der Waals surface area contributed by atoms with Crippen molar-refractivity contribution >= 4 is 29.9 Å². The number of aliphatic imine (C=N–C) groups is 1. The van der Waals surface area contributed by atoms with Crippen LogP contribution in [0.3, 0.4) is 0 Å². The van der Waals surface area contributed by atoms with Crippen molar-refractivity contribution in [3.05, 3.63) is 0 Å². The number of guanidine groups is 1. The molecule has 1 N–H and O–H groups in total. The molecule has 2 fully saturated rings. The van der Waals surface area contributed by atoms with E-state index < -0.39 is 0 Å². The Bertz CT molecular complexity index is 278. The van der Waals surface area contributed by atoms with E-state index in [1.54, 1.807) is 0 Å². The molecule has 5 nitrogen and oxygen atoms in total. The highest BCUT2D eigenvalue weighted by Crippen LogP contribution is 2.13. The minimum Gasteiger partial charge on any atom is -0.381 e. The van der Waals surface area contributed by atoms with E-state index in [-0.39, 0.29) is 24.0 Å². The minimum atomic E-state index is 0. The Morgan fingerprint density at radius 2 is 2.26 bits per heavy atom. The molecular weight excluding hydrogens is 355 g/mol. The fourth-order valence-corrected chi connectivity index (χ4v) is 2.52. The average Bonchev–Trinajstić information content (AvgIpc) is 2.79. The lowest BCUT2D eigenvalue weighted by Crippen LogP contribution is -2.46. The molecule has 0 radical (unpaired) electrons. The van der Waals surface area contributed by atoms with E-state index in [0.717, 1.165) is 38.8 Å². The summed E-state index contributed by atoms with van der Waals surface area (Å²) in [6.45, 7) is 7.47. The van der Waals surface area contributed by atoms with Crippen LogP contribution in [-0.4, -0.2) is 75.8 Å². The maximum Gasteiger partial charge on any atom is 0.193 e. The van der Waals surface area contributed by atoms with Gasteiger partial charge < -0.3 is 19.9 Å². The van der Waals surface area contributed by atoms with Crippen molar-refractivity contribution in [1.82, 2.24) is 15.1 Å². The monoisotopic (exact) mass is 382 g/mol. The highest BCUT2D eigenvalue weighted by Gasteiger charge is 2.19. The number of likely N-dealkylation sites (tertiary alicyclic amines) is 1. The lowest BCUT2D eigenvalue weighted by atomic mass is 10.1. The van der Waals surface area contributed by atoms with Crippen molar-refractivity contribution in [2.24, 2.45) is 10.9 Å². The first-order chi connectivity index (χ1) is 8.79. The van der Waals surface area contributed by atoms with Gasteiger partial charge in [0.05, 0.1) is 6.61 Å². The second-order valence-electron chi connectivity index (χ2n) is 5.28. The van der Waals surface area contributed by atoms with Crippen molar-refractivity contribution in [1.29, 1.82) is 0 Å². The van der Waals surface area contributed by atoms with Crippen LogP contribution in [-0.2, 0) is 4.74 Å². The number of hydrogen-bond acceptors (Lipinski definition) is 3. The predicted octanol–water partition coefficient (Wildman–Crippen LogP) is 0.854. The fraction of sp³-hybridized carbons (Fsp3) is 0.923. The normalized spacial score (nSPS) is 23.7. The van der Waals surface area contributed by atoms with E-state index in [0.29, 0.717) is 5.92 Å². The van der Waals surface area contributed by atoms with E-state index in [4.69, 9.17) is 4.74 Å². The van der Waals surface area contributed by atoms with Crippen molar-refractivity contribution in [2.75, 3.05) is 60.0 Å². The van der Waals surface area contributed by atoms with Crippen LogP contribution in [0.2, 0.25) is 0 Å². The molecule has 2 rings (SSSR count). The lowest BCUT2D eigenvalue weighted by Gasteiger charge is -2.31. The van der Waals surface area contributed by atoms with Gasteiger partial charge in [-0.15, -0.1) is 24.0 Å². The average molecular weight is 382 g/mol. The summed E-state index contributed by atoms with van der Waals surface area (Å²) in [4.78, 5) is 9.02. The molecule has 0 saturated carbocycles. The van der Waals surface area contributed by atoms with Gasteiger partial charge in [0, 0.05) is 46.3 Å². The molecule has 0 aromatic rings. The number of rotatable bonds is 5. The number of nitrogens with one attached hydrogen (secondary N) is 1. The van der Waals surface area contributed by atoms with Crippen LogP contribution >= 0.6 is 24.0 Å². The molecule has 2 heterocycles. The molecule has 19 heavy (non-hydrogen) atoms. The summed E-state index contributed by atoms with van der Waals surface area (Å²) in [5, 5.41) is 3.44.